The number of pyridine rings is 1. The highest BCUT2D eigenvalue weighted by Crippen LogP contribution is 2.22. The molecule has 0 fully saturated rings. The summed E-state index contributed by atoms with van der Waals surface area (Å²) in [7, 11) is 1.65. The van der Waals surface area contributed by atoms with Crippen molar-refractivity contribution in [1.82, 2.24) is 29.9 Å². The molecule has 0 amide bonds. The van der Waals surface area contributed by atoms with Crippen molar-refractivity contribution in [3.63, 3.8) is 0 Å². The third-order valence-electron chi connectivity index (χ3n) is 4.89. The summed E-state index contributed by atoms with van der Waals surface area (Å²) >= 11 is 0. The summed E-state index contributed by atoms with van der Waals surface area (Å²) < 4.78 is 12.4. The summed E-state index contributed by atoms with van der Waals surface area (Å²) in [5, 5.41) is 12.7. The van der Waals surface area contributed by atoms with Crippen molar-refractivity contribution >= 4 is 33.7 Å². The summed E-state index contributed by atoms with van der Waals surface area (Å²) in [6.45, 7) is 1.55. The van der Waals surface area contributed by atoms with Crippen LogP contribution in [0.25, 0.3) is 22.2 Å². The Bertz CT molecular complexity index is 1370. The molecule has 2 aromatic carbocycles. The minimum absolute atomic E-state index is 0.488. The first-order valence-corrected chi connectivity index (χ1v) is 10.2. The summed E-state index contributed by atoms with van der Waals surface area (Å²) in [6, 6.07) is 17.8. The van der Waals surface area contributed by atoms with Gasteiger partial charge < -0.3 is 14.8 Å². The van der Waals surface area contributed by atoms with Crippen molar-refractivity contribution in [2.24, 2.45) is 0 Å². The fourth-order valence-corrected chi connectivity index (χ4v) is 3.37. The maximum atomic E-state index is 5.67. The van der Waals surface area contributed by atoms with Crippen molar-refractivity contribution in [3.05, 3.63) is 72.6 Å². The third-order valence-corrected chi connectivity index (χ3v) is 4.89. The molecule has 5 aromatic rings. The molecule has 9 heteroatoms. The van der Waals surface area contributed by atoms with Crippen LogP contribution in [-0.2, 0) is 11.3 Å². The first kappa shape index (κ1) is 19.8. The highest BCUT2D eigenvalue weighted by Gasteiger charge is 2.10. The molecule has 0 aliphatic carbocycles. The number of methoxy groups -OCH3 is 1. The average molecular weight is 427 g/mol. The lowest BCUT2D eigenvalue weighted by atomic mass is 10.1. The lowest BCUT2D eigenvalue weighted by molar-refractivity contribution is 0.146. The number of aromatic nitrogens is 6. The average Bonchev–Trinajstić information content (AvgIpc) is 3.21. The smallest absolute Gasteiger partial charge is 0.221 e. The Labute approximate surface area is 184 Å². The normalized spacial score (nSPS) is 11.2. The zero-order valence-corrected chi connectivity index (χ0v) is 17.5. The van der Waals surface area contributed by atoms with Crippen LogP contribution in [0.3, 0.4) is 0 Å². The van der Waals surface area contributed by atoms with Crippen LogP contribution in [-0.4, -0.2) is 50.3 Å². The largest absolute Gasteiger partial charge is 0.491 e. The molecular formula is C23H21N7O2. The van der Waals surface area contributed by atoms with Crippen LogP contribution in [0.1, 0.15) is 5.56 Å². The van der Waals surface area contributed by atoms with E-state index in [1.54, 1.807) is 24.2 Å². The molecule has 32 heavy (non-hydrogen) atoms. The maximum Gasteiger partial charge on any atom is 0.221 e. The number of anilines is 2. The van der Waals surface area contributed by atoms with E-state index in [1.165, 1.54) is 0 Å². The van der Waals surface area contributed by atoms with E-state index in [2.05, 4.69) is 36.6 Å². The summed E-state index contributed by atoms with van der Waals surface area (Å²) in [5.74, 6) is 1.34. The van der Waals surface area contributed by atoms with Gasteiger partial charge in [0.2, 0.25) is 5.65 Å². The fraction of sp³-hybridized carbons (Fsp3) is 0.174. The van der Waals surface area contributed by atoms with Gasteiger partial charge in [-0.25, -0.2) is 14.6 Å². The molecule has 0 saturated heterocycles. The van der Waals surface area contributed by atoms with Crippen LogP contribution in [0.4, 0.5) is 11.5 Å². The number of benzene rings is 2. The third kappa shape index (κ3) is 4.33. The molecule has 3 aromatic heterocycles. The molecule has 9 nitrogen and oxygen atoms in total. The molecule has 0 radical (unpaired) electrons. The Morgan fingerprint density at radius 1 is 1.00 bits per heavy atom. The topological polar surface area (TPSA) is 99.9 Å². The molecule has 0 aliphatic heterocycles. The van der Waals surface area contributed by atoms with Crippen LogP contribution in [0.15, 0.2) is 67.0 Å². The maximum absolute atomic E-state index is 5.67. The van der Waals surface area contributed by atoms with E-state index in [1.807, 2.05) is 48.5 Å². The van der Waals surface area contributed by atoms with Gasteiger partial charge in [0.25, 0.3) is 0 Å². The molecule has 0 spiro atoms. The molecule has 0 saturated carbocycles. The van der Waals surface area contributed by atoms with E-state index in [-0.39, 0.29) is 0 Å². The second kappa shape index (κ2) is 8.94. The molecule has 160 valence electrons. The van der Waals surface area contributed by atoms with Crippen LogP contribution in [0, 0.1) is 0 Å². The van der Waals surface area contributed by atoms with Gasteiger partial charge in [-0.2, -0.15) is 0 Å². The first-order chi connectivity index (χ1) is 15.8. The number of hydrogen-bond acceptors (Lipinski definition) is 8. The van der Waals surface area contributed by atoms with E-state index in [4.69, 9.17) is 9.47 Å². The Morgan fingerprint density at radius 3 is 2.91 bits per heavy atom. The summed E-state index contributed by atoms with van der Waals surface area (Å²) in [6.07, 6.45) is 3.43. The van der Waals surface area contributed by atoms with Crippen molar-refractivity contribution < 1.29 is 9.47 Å². The summed E-state index contributed by atoms with van der Waals surface area (Å²) in [4.78, 5) is 13.4. The van der Waals surface area contributed by atoms with E-state index in [9.17, 15) is 0 Å². The van der Waals surface area contributed by atoms with Gasteiger partial charge in [-0.15, -0.1) is 5.10 Å². The monoisotopic (exact) mass is 427 g/mol. The number of nitrogens with zero attached hydrogens (tertiary/aromatic N) is 6. The summed E-state index contributed by atoms with van der Waals surface area (Å²) in [5.41, 5.74) is 3.98. The number of hydrogen-bond donors (Lipinski definition) is 1. The molecule has 3 heterocycles. The molecular weight excluding hydrogens is 406 g/mol. The van der Waals surface area contributed by atoms with Gasteiger partial charge in [0.1, 0.15) is 12.4 Å². The van der Waals surface area contributed by atoms with Crippen LogP contribution >= 0.6 is 0 Å². The quantitative estimate of drug-likeness (QED) is 0.375. The second-order valence-corrected chi connectivity index (χ2v) is 7.17. The Morgan fingerprint density at radius 2 is 1.97 bits per heavy atom. The molecule has 1 N–H and O–H groups in total. The van der Waals surface area contributed by atoms with Gasteiger partial charge in [0, 0.05) is 30.4 Å². The molecule has 0 unspecified atom stereocenters. The minimum atomic E-state index is 0.488. The van der Waals surface area contributed by atoms with Crippen LogP contribution in [0.2, 0.25) is 0 Å². The number of rotatable bonds is 8. The van der Waals surface area contributed by atoms with E-state index < -0.39 is 0 Å². The van der Waals surface area contributed by atoms with Crippen molar-refractivity contribution in [3.8, 4) is 5.75 Å². The van der Waals surface area contributed by atoms with Gasteiger partial charge in [0.15, 0.2) is 11.5 Å². The van der Waals surface area contributed by atoms with Crippen LogP contribution < -0.4 is 10.1 Å². The molecule has 0 aliphatic rings. The van der Waals surface area contributed by atoms with Gasteiger partial charge >= 0.3 is 0 Å². The lowest BCUT2D eigenvalue weighted by Crippen LogP contribution is -2.05. The predicted molar refractivity (Wildman–Crippen MR) is 121 cm³/mol. The second-order valence-electron chi connectivity index (χ2n) is 7.17. The number of ether oxygens (including phenoxy) is 2. The lowest BCUT2D eigenvalue weighted by Gasteiger charge is -2.09. The molecule has 0 bridgehead atoms. The van der Waals surface area contributed by atoms with Crippen molar-refractivity contribution in [1.29, 1.82) is 0 Å². The van der Waals surface area contributed by atoms with Crippen molar-refractivity contribution in [2.75, 3.05) is 25.6 Å². The Balaban J connectivity index is 1.37. The Hall–Kier alpha value is -4.11. The highest BCUT2D eigenvalue weighted by atomic mass is 16.5. The van der Waals surface area contributed by atoms with Gasteiger partial charge in [-0.05, 0) is 35.9 Å². The van der Waals surface area contributed by atoms with E-state index >= 15 is 0 Å². The first-order valence-electron chi connectivity index (χ1n) is 10.2. The standard InChI is InChI=1S/C23H21N7O2/c1-31-10-11-32-19-6-2-5-18(13-19)26-21-14-25-22-23(27-21)30(29-28-22)15-16-7-8-20-17(12-16)4-3-9-24-20/h2-9,12-14H,10-11,15H2,1H3,(H,26,27). The molecule has 0 atom stereocenters. The van der Waals surface area contributed by atoms with Gasteiger partial charge in [-0.1, -0.05) is 23.4 Å². The Kier molecular flexibility index (Phi) is 5.54. The van der Waals surface area contributed by atoms with E-state index in [0.29, 0.717) is 36.9 Å². The zero-order chi connectivity index (χ0) is 21.8. The highest BCUT2D eigenvalue weighted by molar-refractivity contribution is 5.79. The number of nitrogens with one attached hydrogen (secondary N) is 1. The minimum Gasteiger partial charge on any atom is -0.491 e. The van der Waals surface area contributed by atoms with Gasteiger partial charge in [0.05, 0.1) is 24.9 Å². The fourth-order valence-electron chi connectivity index (χ4n) is 3.37. The SMILES string of the molecule is COCCOc1cccc(Nc2cnc3nnn(Cc4ccc5ncccc5c4)c3n2)c1. The van der Waals surface area contributed by atoms with Crippen molar-refractivity contribution in [2.45, 2.75) is 6.54 Å². The number of fused-ring (bicyclic) bond motifs is 2. The van der Waals surface area contributed by atoms with Gasteiger partial charge in [-0.3, -0.25) is 4.98 Å². The zero-order valence-electron chi connectivity index (χ0n) is 17.5. The predicted octanol–water partition coefficient (Wildman–Crippen LogP) is 3.59. The van der Waals surface area contributed by atoms with E-state index in [0.717, 1.165) is 27.9 Å². The molecule has 5 rings (SSSR count). The van der Waals surface area contributed by atoms with Crippen LogP contribution in [0.5, 0.6) is 5.75 Å².